The number of likely N-dealkylation sites (tertiary alicyclic amines) is 1. The average Bonchev–Trinajstić information content (AvgIpc) is 3.14. The number of para-hydroxylation sites is 1. The first-order valence-electron chi connectivity index (χ1n) is 8.79. The number of amides is 2. The number of aromatic nitrogens is 1. The van der Waals surface area contributed by atoms with Gasteiger partial charge in [-0.25, -0.2) is 0 Å². The molecule has 138 valence electrons. The van der Waals surface area contributed by atoms with Crippen LogP contribution in [0, 0.1) is 0 Å². The number of piperidine rings is 1. The first-order chi connectivity index (χ1) is 13.1. The van der Waals surface area contributed by atoms with Gasteiger partial charge in [0, 0.05) is 24.7 Å². The molecule has 4 rings (SSSR count). The Balaban J connectivity index is 1.41. The molecule has 7 heteroatoms. The second-order valence-corrected chi connectivity index (χ2v) is 6.55. The lowest BCUT2D eigenvalue weighted by Gasteiger charge is -2.36. The number of nitrogens with one attached hydrogen (secondary N) is 1. The zero-order chi connectivity index (χ0) is 18.8. The third-order valence-electron chi connectivity index (χ3n) is 4.80. The Morgan fingerprint density at radius 1 is 1.19 bits per heavy atom. The Hall–Kier alpha value is -3.19. The number of benzene rings is 1. The molecule has 0 aliphatic carbocycles. The van der Waals surface area contributed by atoms with Crippen molar-refractivity contribution in [1.82, 2.24) is 15.2 Å². The molecule has 2 N–H and O–H groups in total. The van der Waals surface area contributed by atoms with Gasteiger partial charge in [0.2, 0.25) is 0 Å². The first-order valence-corrected chi connectivity index (χ1v) is 8.79. The van der Waals surface area contributed by atoms with Gasteiger partial charge in [-0.15, -0.1) is 0 Å². The van der Waals surface area contributed by atoms with E-state index < -0.39 is 12.1 Å². The topological polar surface area (TPSA) is 95.7 Å². The maximum Gasteiger partial charge on any atom is 0.272 e. The van der Waals surface area contributed by atoms with Crippen molar-refractivity contribution in [1.29, 1.82) is 0 Å². The maximum absolute atomic E-state index is 12.6. The molecule has 1 aliphatic heterocycles. The predicted octanol–water partition coefficient (Wildman–Crippen LogP) is 1.83. The second kappa shape index (κ2) is 7.20. The summed E-state index contributed by atoms with van der Waals surface area (Å²) in [5.74, 6) is -0.520. The third kappa shape index (κ3) is 3.41. The lowest BCUT2D eigenvalue weighted by Crippen LogP contribution is -2.55. The number of aliphatic hydroxyl groups is 1. The summed E-state index contributed by atoms with van der Waals surface area (Å²) in [6, 6.07) is 12.0. The van der Waals surface area contributed by atoms with E-state index in [0.29, 0.717) is 29.8 Å². The van der Waals surface area contributed by atoms with Crippen LogP contribution in [0.2, 0.25) is 0 Å². The van der Waals surface area contributed by atoms with E-state index in [4.69, 9.17) is 4.42 Å². The number of hydrogen-bond donors (Lipinski definition) is 2. The average molecular weight is 365 g/mol. The Morgan fingerprint density at radius 3 is 2.78 bits per heavy atom. The number of hydrogen-bond acceptors (Lipinski definition) is 5. The van der Waals surface area contributed by atoms with Crippen LogP contribution in [0.25, 0.3) is 11.0 Å². The van der Waals surface area contributed by atoms with Crippen LogP contribution < -0.4 is 5.32 Å². The van der Waals surface area contributed by atoms with E-state index in [9.17, 15) is 14.7 Å². The fraction of sp³-hybridized carbons (Fsp3) is 0.250. The molecule has 27 heavy (non-hydrogen) atoms. The summed E-state index contributed by atoms with van der Waals surface area (Å²) in [4.78, 5) is 30.7. The van der Waals surface area contributed by atoms with E-state index in [1.54, 1.807) is 35.4 Å². The third-order valence-corrected chi connectivity index (χ3v) is 4.80. The van der Waals surface area contributed by atoms with Crippen LogP contribution in [0.3, 0.4) is 0 Å². The molecule has 1 saturated heterocycles. The van der Waals surface area contributed by atoms with Gasteiger partial charge in [-0.05, 0) is 24.6 Å². The summed E-state index contributed by atoms with van der Waals surface area (Å²) in [7, 11) is 0. The van der Waals surface area contributed by atoms with Gasteiger partial charge in [0.25, 0.3) is 11.8 Å². The van der Waals surface area contributed by atoms with Gasteiger partial charge in [-0.1, -0.05) is 24.3 Å². The highest BCUT2D eigenvalue weighted by Crippen LogP contribution is 2.21. The normalized spacial score (nSPS) is 19.8. The molecule has 0 bridgehead atoms. The van der Waals surface area contributed by atoms with Gasteiger partial charge < -0.3 is 19.7 Å². The molecule has 0 saturated carbocycles. The van der Waals surface area contributed by atoms with Crippen molar-refractivity contribution in [2.45, 2.75) is 18.6 Å². The zero-order valence-corrected chi connectivity index (χ0v) is 14.5. The van der Waals surface area contributed by atoms with Crippen molar-refractivity contribution in [2.24, 2.45) is 0 Å². The number of nitrogens with zero attached hydrogens (tertiary/aromatic N) is 2. The predicted molar refractivity (Wildman–Crippen MR) is 98.2 cm³/mol. The van der Waals surface area contributed by atoms with Gasteiger partial charge in [-0.3, -0.25) is 14.6 Å². The van der Waals surface area contributed by atoms with Gasteiger partial charge in [-0.2, -0.15) is 0 Å². The number of carbonyl (C=O) groups excluding carboxylic acids is 2. The lowest BCUT2D eigenvalue weighted by molar-refractivity contribution is 0.0311. The van der Waals surface area contributed by atoms with Crippen LogP contribution in [0.1, 0.15) is 27.3 Å². The van der Waals surface area contributed by atoms with Crippen molar-refractivity contribution < 1.29 is 19.1 Å². The SMILES string of the molecule is O=C(N[C@@H]1CCN(C(=O)c2ccccn2)C[C@H]1O)c1coc2ccccc12. The number of carbonyl (C=O) groups is 2. The van der Waals surface area contributed by atoms with Crippen LogP contribution in [-0.4, -0.2) is 52.0 Å². The summed E-state index contributed by atoms with van der Waals surface area (Å²) in [5.41, 5.74) is 1.42. The number of β-amino-alcohol motifs (C(OH)–C–C–N with tert-alkyl or cyclic N) is 1. The van der Waals surface area contributed by atoms with Crippen molar-refractivity contribution in [3.05, 3.63) is 66.2 Å². The smallest absolute Gasteiger partial charge is 0.272 e. The minimum Gasteiger partial charge on any atom is -0.463 e. The second-order valence-electron chi connectivity index (χ2n) is 6.55. The van der Waals surface area contributed by atoms with Gasteiger partial charge in [0.05, 0.1) is 17.7 Å². The molecule has 2 aromatic heterocycles. The van der Waals surface area contributed by atoms with E-state index in [2.05, 4.69) is 10.3 Å². The highest BCUT2D eigenvalue weighted by atomic mass is 16.3. The number of fused-ring (bicyclic) bond motifs is 1. The van der Waals surface area contributed by atoms with Crippen LogP contribution in [0.4, 0.5) is 0 Å². The molecule has 0 radical (unpaired) electrons. The number of furan rings is 1. The molecule has 0 unspecified atom stereocenters. The van der Waals surface area contributed by atoms with Crippen LogP contribution in [0.15, 0.2) is 59.3 Å². The van der Waals surface area contributed by atoms with E-state index >= 15 is 0 Å². The molecule has 1 aromatic carbocycles. The Kier molecular flexibility index (Phi) is 4.60. The van der Waals surface area contributed by atoms with E-state index in [0.717, 1.165) is 5.39 Å². The van der Waals surface area contributed by atoms with Gasteiger partial charge in [0.15, 0.2) is 0 Å². The highest BCUT2D eigenvalue weighted by Gasteiger charge is 2.32. The van der Waals surface area contributed by atoms with E-state index in [-0.39, 0.29) is 18.4 Å². The Morgan fingerprint density at radius 2 is 2.00 bits per heavy atom. The Bertz CT molecular complexity index is 970. The standard InChI is InChI=1S/C20H19N3O4/c24-17-11-23(20(26)16-6-3-4-9-21-16)10-8-15(17)22-19(25)14-12-27-18-7-2-1-5-13(14)18/h1-7,9,12,15,17,24H,8,10-11H2,(H,22,25)/t15-,17-/m1/s1. The number of aliphatic hydroxyl groups excluding tert-OH is 1. The minimum absolute atomic E-state index is 0.145. The molecule has 3 heterocycles. The summed E-state index contributed by atoms with van der Waals surface area (Å²) >= 11 is 0. The minimum atomic E-state index is -0.853. The summed E-state index contributed by atoms with van der Waals surface area (Å²) in [6.45, 7) is 0.579. The van der Waals surface area contributed by atoms with Crippen molar-refractivity contribution >= 4 is 22.8 Å². The largest absolute Gasteiger partial charge is 0.463 e. The monoisotopic (exact) mass is 365 g/mol. The molecule has 1 aliphatic rings. The molecule has 1 fully saturated rings. The highest BCUT2D eigenvalue weighted by molar-refractivity contribution is 6.06. The van der Waals surface area contributed by atoms with Crippen LogP contribution >= 0.6 is 0 Å². The molecular weight excluding hydrogens is 346 g/mol. The Labute approximate surface area is 155 Å². The molecule has 0 spiro atoms. The lowest BCUT2D eigenvalue weighted by atomic mass is 10.0. The van der Waals surface area contributed by atoms with Gasteiger partial charge >= 0.3 is 0 Å². The first kappa shape index (κ1) is 17.2. The van der Waals surface area contributed by atoms with Crippen molar-refractivity contribution in [3.8, 4) is 0 Å². The molecule has 7 nitrogen and oxygen atoms in total. The maximum atomic E-state index is 12.6. The fourth-order valence-corrected chi connectivity index (χ4v) is 3.34. The summed E-state index contributed by atoms with van der Waals surface area (Å²) in [6.07, 6.45) is 2.59. The summed E-state index contributed by atoms with van der Waals surface area (Å²) in [5, 5.41) is 14.0. The van der Waals surface area contributed by atoms with Crippen molar-refractivity contribution in [3.63, 3.8) is 0 Å². The number of rotatable bonds is 3. The van der Waals surface area contributed by atoms with E-state index in [1.807, 2.05) is 18.2 Å². The van der Waals surface area contributed by atoms with Crippen LogP contribution in [-0.2, 0) is 0 Å². The zero-order valence-electron chi connectivity index (χ0n) is 14.5. The van der Waals surface area contributed by atoms with Gasteiger partial charge in [0.1, 0.15) is 17.5 Å². The van der Waals surface area contributed by atoms with E-state index in [1.165, 1.54) is 6.26 Å². The molecule has 3 aromatic rings. The molecular formula is C20H19N3O4. The summed E-state index contributed by atoms with van der Waals surface area (Å²) < 4.78 is 5.40. The fourth-order valence-electron chi connectivity index (χ4n) is 3.34. The molecule has 2 atom stereocenters. The number of pyridine rings is 1. The van der Waals surface area contributed by atoms with Crippen molar-refractivity contribution in [2.75, 3.05) is 13.1 Å². The van der Waals surface area contributed by atoms with Crippen LogP contribution in [0.5, 0.6) is 0 Å². The quantitative estimate of drug-likeness (QED) is 0.738. The molecule has 2 amide bonds.